The first kappa shape index (κ1) is 14.3. The predicted molar refractivity (Wildman–Crippen MR) is 72.3 cm³/mol. The third-order valence-electron chi connectivity index (χ3n) is 3.67. The van der Waals surface area contributed by atoms with Gasteiger partial charge in [0.2, 0.25) is 0 Å². The van der Waals surface area contributed by atoms with Crippen molar-refractivity contribution in [1.29, 1.82) is 0 Å². The Hall–Kier alpha value is 0.210. The van der Waals surface area contributed by atoms with Gasteiger partial charge in [-0.2, -0.15) is 0 Å². The van der Waals surface area contributed by atoms with Crippen molar-refractivity contribution in [1.82, 2.24) is 9.80 Å². The topological polar surface area (TPSA) is 6.48 Å². The van der Waals surface area contributed by atoms with Gasteiger partial charge in [0.1, 0.15) is 0 Å². The first-order chi connectivity index (χ1) is 7.59. The lowest BCUT2D eigenvalue weighted by atomic mass is 10.00. The molecule has 1 saturated heterocycles. The van der Waals surface area contributed by atoms with Crippen LogP contribution in [0.25, 0.3) is 0 Å². The van der Waals surface area contributed by atoms with Crippen molar-refractivity contribution in [3.63, 3.8) is 0 Å². The molecule has 0 amide bonds. The van der Waals surface area contributed by atoms with Crippen LogP contribution in [0.2, 0.25) is 0 Å². The Labute approximate surface area is 106 Å². The molecule has 0 aromatic heterocycles. The number of nitrogens with zero attached hydrogens (tertiary/aromatic N) is 2. The molecule has 0 aromatic carbocycles. The Kier molecular flexibility index (Phi) is 6.71. The second-order valence-electron chi connectivity index (χ2n) is 5.29. The summed E-state index contributed by atoms with van der Waals surface area (Å²) in [5.41, 5.74) is 0. The number of halogens is 1. The van der Waals surface area contributed by atoms with Gasteiger partial charge in [0.15, 0.2) is 0 Å². The van der Waals surface area contributed by atoms with Crippen LogP contribution in [0.4, 0.5) is 0 Å². The summed E-state index contributed by atoms with van der Waals surface area (Å²) in [6.07, 6.45) is 6.59. The molecule has 0 aliphatic carbocycles. The highest BCUT2D eigenvalue weighted by Crippen LogP contribution is 2.17. The van der Waals surface area contributed by atoms with Crippen molar-refractivity contribution < 1.29 is 0 Å². The van der Waals surface area contributed by atoms with Crippen LogP contribution in [0.1, 0.15) is 39.0 Å². The summed E-state index contributed by atoms with van der Waals surface area (Å²) in [6.45, 7) is 5.69. The fourth-order valence-electron chi connectivity index (χ4n) is 2.39. The van der Waals surface area contributed by atoms with Crippen molar-refractivity contribution in [2.75, 3.05) is 33.7 Å². The van der Waals surface area contributed by atoms with E-state index >= 15 is 0 Å². The van der Waals surface area contributed by atoms with Gasteiger partial charge in [0, 0.05) is 11.4 Å². The fourth-order valence-corrected chi connectivity index (χ4v) is 2.49. The molecular formula is C13H27ClN2. The molecule has 96 valence electrons. The average Bonchev–Trinajstić information content (AvgIpc) is 2.25. The van der Waals surface area contributed by atoms with Crippen LogP contribution in [0.3, 0.4) is 0 Å². The van der Waals surface area contributed by atoms with Crippen LogP contribution >= 0.6 is 11.6 Å². The van der Waals surface area contributed by atoms with E-state index in [2.05, 4.69) is 30.8 Å². The van der Waals surface area contributed by atoms with E-state index in [0.717, 1.165) is 19.0 Å². The average molecular weight is 247 g/mol. The molecule has 1 aliphatic heterocycles. The number of rotatable bonds is 6. The number of hydrogen-bond donors (Lipinski definition) is 0. The summed E-state index contributed by atoms with van der Waals surface area (Å²) in [4.78, 5) is 4.95. The summed E-state index contributed by atoms with van der Waals surface area (Å²) >= 11 is 5.96. The molecule has 0 radical (unpaired) electrons. The quantitative estimate of drug-likeness (QED) is 0.665. The highest BCUT2D eigenvalue weighted by molar-refractivity contribution is 6.20. The Morgan fingerprint density at radius 3 is 2.75 bits per heavy atom. The summed E-state index contributed by atoms with van der Waals surface area (Å²) in [5, 5.41) is 0.305. The maximum atomic E-state index is 5.96. The fraction of sp³-hybridized carbons (Fsp3) is 1.00. The van der Waals surface area contributed by atoms with Crippen molar-refractivity contribution in [3.8, 4) is 0 Å². The Morgan fingerprint density at radius 2 is 2.12 bits per heavy atom. The molecule has 2 unspecified atom stereocenters. The van der Waals surface area contributed by atoms with E-state index in [-0.39, 0.29) is 0 Å². The van der Waals surface area contributed by atoms with Crippen LogP contribution in [0, 0.1) is 0 Å². The van der Waals surface area contributed by atoms with Gasteiger partial charge in [-0.05, 0) is 66.3 Å². The van der Waals surface area contributed by atoms with Crippen molar-refractivity contribution in [2.45, 2.75) is 50.4 Å². The molecule has 2 atom stereocenters. The number of alkyl halides is 1. The van der Waals surface area contributed by atoms with E-state index in [1.54, 1.807) is 0 Å². The van der Waals surface area contributed by atoms with Crippen LogP contribution < -0.4 is 0 Å². The zero-order valence-electron chi connectivity index (χ0n) is 11.1. The minimum Gasteiger partial charge on any atom is -0.306 e. The Bertz CT molecular complexity index is 185. The monoisotopic (exact) mass is 246 g/mol. The zero-order valence-corrected chi connectivity index (χ0v) is 11.8. The molecule has 0 saturated carbocycles. The SMILES string of the molecule is CC(Cl)CCN(C)CCC1CCCCN1C. The van der Waals surface area contributed by atoms with E-state index < -0.39 is 0 Å². The first-order valence-corrected chi connectivity index (χ1v) is 7.06. The van der Waals surface area contributed by atoms with Crippen LogP contribution in [0.5, 0.6) is 0 Å². The van der Waals surface area contributed by atoms with Crippen LogP contribution in [0.15, 0.2) is 0 Å². The van der Waals surface area contributed by atoms with E-state index in [1.165, 1.54) is 38.8 Å². The molecule has 0 spiro atoms. The molecule has 0 N–H and O–H groups in total. The number of piperidine rings is 1. The second-order valence-corrected chi connectivity index (χ2v) is 6.04. The van der Waals surface area contributed by atoms with Gasteiger partial charge >= 0.3 is 0 Å². The lowest BCUT2D eigenvalue weighted by Crippen LogP contribution is -2.38. The minimum atomic E-state index is 0.305. The van der Waals surface area contributed by atoms with Crippen molar-refractivity contribution in [2.24, 2.45) is 0 Å². The third-order valence-corrected chi connectivity index (χ3v) is 3.89. The van der Waals surface area contributed by atoms with Crippen molar-refractivity contribution >= 4 is 11.6 Å². The molecule has 0 aromatic rings. The first-order valence-electron chi connectivity index (χ1n) is 6.62. The number of hydrogen-bond acceptors (Lipinski definition) is 2. The van der Waals surface area contributed by atoms with E-state index in [4.69, 9.17) is 11.6 Å². The lowest BCUT2D eigenvalue weighted by Gasteiger charge is -2.33. The van der Waals surface area contributed by atoms with Crippen molar-refractivity contribution in [3.05, 3.63) is 0 Å². The molecule has 1 rings (SSSR count). The highest BCUT2D eigenvalue weighted by atomic mass is 35.5. The summed E-state index contributed by atoms with van der Waals surface area (Å²) in [7, 11) is 4.48. The summed E-state index contributed by atoms with van der Waals surface area (Å²) in [5.74, 6) is 0. The zero-order chi connectivity index (χ0) is 12.0. The third kappa shape index (κ3) is 5.51. The predicted octanol–water partition coefficient (Wildman–Crippen LogP) is 2.81. The van der Waals surface area contributed by atoms with E-state index in [1.807, 2.05) is 0 Å². The minimum absolute atomic E-state index is 0.305. The smallest absolute Gasteiger partial charge is 0.0320 e. The van der Waals surface area contributed by atoms with Gasteiger partial charge in [-0.25, -0.2) is 0 Å². The molecule has 2 nitrogen and oxygen atoms in total. The maximum absolute atomic E-state index is 5.96. The van der Waals surface area contributed by atoms with E-state index in [0.29, 0.717) is 5.38 Å². The second kappa shape index (κ2) is 7.52. The van der Waals surface area contributed by atoms with Crippen LogP contribution in [-0.4, -0.2) is 54.9 Å². The van der Waals surface area contributed by atoms with Gasteiger partial charge in [-0.1, -0.05) is 6.42 Å². The summed E-state index contributed by atoms with van der Waals surface area (Å²) < 4.78 is 0. The van der Waals surface area contributed by atoms with E-state index in [9.17, 15) is 0 Å². The van der Waals surface area contributed by atoms with Gasteiger partial charge in [-0.15, -0.1) is 11.6 Å². The van der Waals surface area contributed by atoms with Gasteiger partial charge in [0.05, 0.1) is 0 Å². The molecule has 1 fully saturated rings. The highest BCUT2D eigenvalue weighted by Gasteiger charge is 2.18. The summed E-state index contributed by atoms with van der Waals surface area (Å²) in [6, 6.07) is 0.810. The molecule has 1 heterocycles. The van der Waals surface area contributed by atoms with Gasteiger partial charge in [0.25, 0.3) is 0 Å². The largest absolute Gasteiger partial charge is 0.306 e. The molecule has 1 aliphatic rings. The lowest BCUT2D eigenvalue weighted by molar-refractivity contribution is 0.160. The van der Waals surface area contributed by atoms with Gasteiger partial charge < -0.3 is 9.80 Å². The van der Waals surface area contributed by atoms with Gasteiger partial charge in [-0.3, -0.25) is 0 Å². The molecular weight excluding hydrogens is 220 g/mol. The Morgan fingerprint density at radius 1 is 1.38 bits per heavy atom. The number of likely N-dealkylation sites (tertiary alicyclic amines) is 1. The Balaban J connectivity index is 2.12. The normalized spacial score (nSPS) is 24.9. The molecule has 0 bridgehead atoms. The standard InChI is InChI=1S/C13H27ClN2/c1-12(14)7-10-15(2)11-8-13-6-4-5-9-16(13)3/h12-13H,4-11H2,1-3H3. The molecule has 16 heavy (non-hydrogen) atoms. The maximum Gasteiger partial charge on any atom is 0.0320 e. The van der Waals surface area contributed by atoms with Crippen LogP contribution in [-0.2, 0) is 0 Å². The molecule has 3 heteroatoms.